The number of fused-ring (bicyclic) bond motifs is 2. The molecule has 3 aromatic rings. The van der Waals surface area contributed by atoms with Crippen LogP contribution in [0.3, 0.4) is 0 Å². The number of hydrogen-bond acceptors (Lipinski definition) is 5. The second-order valence-corrected chi connectivity index (χ2v) is 5.70. The molecule has 112 valence electrons. The molecule has 0 spiro atoms. The average Bonchev–Trinajstić information content (AvgIpc) is 3.04. The molecule has 6 heteroatoms. The molecule has 6 nitrogen and oxygen atoms in total. The van der Waals surface area contributed by atoms with E-state index in [0.717, 1.165) is 36.4 Å². The number of rotatable bonds is 3. The maximum atomic E-state index is 4.34. The summed E-state index contributed by atoms with van der Waals surface area (Å²) in [6.45, 7) is 1.94. The van der Waals surface area contributed by atoms with E-state index in [1.54, 1.807) is 12.5 Å². The Kier molecular flexibility index (Phi) is 3.14. The molecule has 0 bridgehead atoms. The number of aromatic amines is 1. The molecule has 3 heterocycles. The van der Waals surface area contributed by atoms with Gasteiger partial charge in [-0.3, -0.25) is 5.10 Å². The number of nitrogens with zero attached hydrogens (tertiary/aromatic N) is 4. The van der Waals surface area contributed by atoms with Gasteiger partial charge in [-0.2, -0.15) is 5.10 Å². The number of nitrogens with one attached hydrogen (secondary N) is 2. The highest BCUT2D eigenvalue weighted by Gasteiger charge is 2.22. The monoisotopic (exact) mass is 294 g/mol. The van der Waals surface area contributed by atoms with Crippen LogP contribution in [-0.4, -0.2) is 40.3 Å². The summed E-state index contributed by atoms with van der Waals surface area (Å²) in [5, 5.41) is 11.3. The van der Waals surface area contributed by atoms with Gasteiger partial charge in [0.25, 0.3) is 0 Å². The van der Waals surface area contributed by atoms with Crippen molar-refractivity contribution >= 4 is 22.5 Å². The smallest absolute Gasteiger partial charge is 0.160 e. The summed E-state index contributed by atoms with van der Waals surface area (Å²) in [4.78, 5) is 10.8. The zero-order chi connectivity index (χ0) is 14.9. The van der Waals surface area contributed by atoms with Gasteiger partial charge in [-0.25, -0.2) is 9.97 Å². The molecule has 2 aromatic heterocycles. The zero-order valence-electron chi connectivity index (χ0n) is 12.5. The highest BCUT2D eigenvalue weighted by Crippen LogP contribution is 2.34. The summed E-state index contributed by atoms with van der Waals surface area (Å²) in [5.74, 6) is 1.33. The first-order valence-electron chi connectivity index (χ1n) is 7.51. The van der Waals surface area contributed by atoms with Gasteiger partial charge in [0.15, 0.2) is 5.65 Å². The Bertz CT molecular complexity index is 796. The SMILES string of the molecule is CN1CC[C@H](CNc2ncnc3[nH]ncc23)c2ccccc21. The van der Waals surface area contributed by atoms with Gasteiger partial charge < -0.3 is 10.2 Å². The highest BCUT2D eigenvalue weighted by atomic mass is 15.2. The second-order valence-electron chi connectivity index (χ2n) is 5.70. The molecule has 1 atom stereocenters. The molecular formula is C16H18N6. The molecule has 1 aliphatic heterocycles. The number of H-pyrrole nitrogens is 1. The van der Waals surface area contributed by atoms with Crippen LogP contribution in [0.2, 0.25) is 0 Å². The molecule has 0 aliphatic carbocycles. The summed E-state index contributed by atoms with van der Waals surface area (Å²) in [5.41, 5.74) is 3.50. The largest absolute Gasteiger partial charge is 0.374 e. The Balaban J connectivity index is 1.57. The molecular weight excluding hydrogens is 276 g/mol. The molecule has 0 fully saturated rings. The number of benzene rings is 1. The molecule has 0 amide bonds. The van der Waals surface area contributed by atoms with Crippen molar-refractivity contribution in [3.05, 3.63) is 42.4 Å². The van der Waals surface area contributed by atoms with E-state index in [2.05, 4.69) is 61.7 Å². The predicted molar refractivity (Wildman–Crippen MR) is 87.2 cm³/mol. The van der Waals surface area contributed by atoms with Crippen molar-refractivity contribution in [3.8, 4) is 0 Å². The van der Waals surface area contributed by atoms with Crippen molar-refractivity contribution in [3.63, 3.8) is 0 Å². The van der Waals surface area contributed by atoms with Crippen LogP contribution in [0.1, 0.15) is 17.9 Å². The topological polar surface area (TPSA) is 69.7 Å². The van der Waals surface area contributed by atoms with Crippen LogP contribution in [0.15, 0.2) is 36.8 Å². The van der Waals surface area contributed by atoms with Gasteiger partial charge in [0.05, 0.1) is 11.6 Å². The Hall–Kier alpha value is -2.63. The van der Waals surface area contributed by atoms with Crippen LogP contribution in [0, 0.1) is 0 Å². The van der Waals surface area contributed by atoms with E-state index in [4.69, 9.17) is 0 Å². The Morgan fingerprint density at radius 3 is 3.18 bits per heavy atom. The number of hydrogen-bond donors (Lipinski definition) is 2. The van der Waals surface area contributed by atoms with Gasteiger partial charge in [-0.15, -0.1) is 0 Å². The fourth-order valence-electron chi connectivity index (χ4n) is 3.14. The Morgan fingerprint density at radius 1 is 1.32 bits per heavy atom. The number of para-hydroxylation sites is 1. The van der Waals surface area contributed by atoms with Gasteiger partial charge in [0.2, 0.25) is 0 Å². The maximum absolute atomic E-state index is 4.34. The molecule has 0 unspecified atom stereocenters. The van der Waals surface area contributed by atoms with E-state index >= 15 is 0 Å². The van der Waals surface area contributed by atoms with Crippen molar-refractivity contribution in [1.82, 2.24) is 20.2 Å². The third kappa shape index (κ3) is 2.16. The molecule has 4 rings (SSSR count). The van der Waals surface area contributed by atoms with E-state index in [1.807, 2.05) is 0 Å². The summed E-state index contributed by atoms with van der Waals surface area (Å²) in [6, 6.07) is 8.64. The van der Waals surface area contributed by atoms with E-state index in [1.165, 1.54) is 11.3 Å². The van der Waals surface area contributed by atoms with Crippen LogP contribution in [0.4, 0.5) is 11.5 Å². The predicted octanol–water partition coefficient (Wildman–Crippen LogP) is 2.39. The van der Waals surface area contributed by atoms with Crippen molar-refractivity contribution in [2.24, 2.45) is 0 Å². The van der Waals surface area contributed by atoms with E-state index in [-0.39, 0.29) is 0 Å². The van der Waals surface area contributed by atoms with Crippen LogP contribution >= 0.6 is 0 Å². The average molecular weight is 294 g/mol. The zero-order valence-corrected chi connectivity index (χ0v) is 12.5. The van der Waals surface area contributed by atoms with E-state index < -0.39 is 0 Å². The first kappa shape index (κ1) is 13.1. The molecule has 2 N–H and O–H groups in total. The minimum atomic E-state index is 0.490. The molecule has 22 heavy (non-hydrogen) atoms. The summed E-state index contributed by atoms with van der Waals surface area (Å²) in [7, 11) is 2.15. The standard InChI is InChI=1S/C16H18N6/c1-22-7-6-11(12-4-2-3-5-14(12)22)8-17-15-13-9-20-21-16(13)19-10-18-15/h2-5,9-11H,6-8H2,1H3,(H2,17,18,19,20,21)/t11-/m1/s1. The first-order valence-corrected chi connectivity index (χ1v) is 7.51. The van der Waals surface area contributed by atoms with Crippen LogP contribution in [0.25, 0.3) is 11.0 Å². The normalized spacial score (nSPS) is 17.5. The lowest BCUT2D eigenvalue weighted by molar-refractivity contribution is 0.614. The quantitative estimate of drug-likeness (QED) is 0.776. The van der Waals surface area contributed by atoms with Crippen LogP contribution < -0.4 is 10.2 Å². The third-order valence-electron chi connectivity index (χ3n) is 4.36. The fourth-order valence-corrected chi connectivity index (χ4v) is 3.14. The number of anilines is 2. The lowest BCUT2D eigenvalue weighted by Crippen LogP contribution is -2.29. The molecule has 1 aromatic carbocycles. The van der Waals surface area contributed by atoms with Crippen molar-refractivity contribution in [2.45, 2.75) is 12.3 Å². The van der Waals surface area contributed by atoms with Crippen molar-refractivity contribution in [1.29, 1.82) is 0 Å². The Labute approximate surface area is 128 Å². The van der Waals surface area contributed by atoms with Gasteiger partial charge in [-0.05, 0) is 18.1 Å². The summed E-state index contributed by atoms with van der Waals surface area (Å²) in [6.07, 6.45) is 4.46. The minimum Gasteiger partial charge on any atom is -0.374 e. The van der Waals surface area contributed by atoms with Gasteiger partial charge in [0.1, 0.15) is 12.1 Å². The van der Waals surface area contributed by atoms with Gasteiger partial charge in [0, 0.05) is 31.7 Å². The van der Waals surface area contributed by atoms with Crippen molar-refractivity contribution < 1.29 is 0 Å². The third-order valence-corrected chi connectivity index (χ3v) is 4.36. The van der Waals surface area contributed by atoms with Crippen molar-refractivity contribution in [2.75, 3.05) is 30.4 Å². The van der Waals surface area contributed by atoms with Crippen LogP contribution in [-0.2, 0) is 0 Å². The summed E-state index contributed by atoms with van der Waals surface area (Å²) >= 11 is 0. The lowest BCUT2D eigenvalue weighted by atomic mass is 9.90. The maximum Gasteiger partial charge on any atom is 0.160 e. The summed E-state index contributed by atoms with van der Waals surface area (Å²) < 4.78 is 0. The first-order chi connectivity index (χ1) is 10.8. The molecule has 0 radical (unpaired) electrons. The lowest BCUT2D eigenvalue weighted by Gasteiger charge is -2.33. The number of aromatic nitrogens is 4. The molecule has 0 saturated heterocycles. The molecule has 0 saturated carbocycles. The highest BCUT2D eigenvalue weighted by molar-refractivity contribution is 5.85. The van der Waals surface area contributed by atoms with E-state index in [9.17, 15) is 0 Å². The van der Waals surface area contributed by atoms with E-state index in [0.29, 0.717) is 5.92 Å². The van der Waals surface area contributed by atoms with Gasteiger partial charge >= 0.3 is 0 Å². The molecule has 1 aliphatic rings. The Morgan fingerprint density at radius 2 is 2.23 bits per heavy atom. The van der Waals surface area contributed by atoms with Crippen LogP contribution in [0.5, 0.6) is 0 Å². The van der Waals surface area contributed by atoms with Gasteiger partial charge in [-0.1, -0.05) is 18.2 Å². The minimum absolute atomic E-state index is 0.490. The second kappa shape index (κ2) is 5.29. The fraction of sp³-hybridized carbons (Fsp3) is 0.312.